The Balaban J connectivity index is 1.51. The number of hydrogen-bond donors (Lipinski definition) is 2. The fraction of sp³-hybridized carbons (Fsp3) is 0.172. The Morgan fingerprint density at radius 3 is 2.57 bits per heavy atom. The number of aryl methyl sites for hydroxylation is 1. The Hall–Kier alpha value is -4.30. The number of halogens is 2. The standard InChI is InChI=1S/C29H25F2N3O3/c1-17-9-22(19-8-4-5-18(11-19)15-32)12-23(10-17)37-28-25(31)14-24(30)27(33-28)34-16-21-7-3-2-6-20(21)13-26(34)29(35)36/h2-12,14,26H,13,15-16,32H2,1H3,(H,35,36). The van der Waals surface area contributed by atoms with Crippen LogP contribution in [0.4, 0.5) is 14.6 Å². The quantitative estimate of drug-likeness (QED) is 0.358. The number of carboxylic acid groups (broad SMARTS) is 1. The molecule has 0 bridgehead atoms. The molecule has 1 aliphatic rings. The average molecular weight is 502 g/mol. The zero-order valence-corrected chi connectivity index (χ0v) is 20.1. The van der Waals surface area contributed by atoms with Crippen LogP contribution in [0.25, 0.3) is 11.1 Å². The first-order chi connectivity index (χ1) is 17.8. The Morgan fingerprint density at radius 2 is 1.81 bits per heavy atom. The molecule has 0 amide bonds. The van der Waals surface area contributed by atoms with E-state index in [9.17, 15) is 18.7 Å². The Kier molecular flexibility index (Phi) is 6.58. The molecule has 3 aromatic carbocycles. The lowest BCUT2D eigenvalue weighted by Crippen LogP contribution is -2.46. The molecule has 0 saturated heterocycles. The molecular formula is C29H25F2N3O3. The van der Waals surface area contributed by atoms with E-state index in [-0.39, 0.29) is 18.8 Å². The maximum Gasteiger partial charge on any atom is 0.326 e. The van der Waals surface area contributed by atoms with Crippen molar-refractivity contribution in [3.8, 4) is 22.8 Å². The van der Waals surface area contributed by atoms with Crippen LogP contribution in [-0.4, -0.2) is 22.1 Å². The molecule has 0 aliphatic carbocycles. The second kappa shape index (κ2) is 9.99. The topological polar surface area (TPSA) is 88.7 Å². The van der Waals surface area contributed by atoms with Crippen molar-refractivity contribution < 1.29 is 23.4 Å². The summed E-state index contributed by atoms with van der Waals surface area (Å²) in [5.41, 5.74) is 11.1. The van der Waals surface area contributed by atoms with Crippen molar-refractivity contribution in [2.45, 2.75) is 32.5 Å². The van der Waals surface area contributed by atoms with Gasteiger partial charge in [0.05, 0.1) is 0 Å². The minimum Gasteiger partial charge on any atom is -0.480 e. The van der Waals surface area contributed by atoms with E-state index in [0.29, 0.717) is 18.4 Å². The van der Waals surface area contributed by atoms with E-state index in [1.165, 1.54) is 4.90 Å². The first-order valence-electron chi connectivity index (χ1n) is 11.8. The number of ether oxygens (including phenoxy) is 1. The molecule has 3 N–H and O–H groups in total. The normalized spacial score (nSPS) is 14.8. The molecule has 1 aliphatic heterocycles. The molecule has 8 heteroatoms. The Bertz CT molecular complexity index is 1490. The van der Waals surface area contributed by atoms with Crippen LogP contribution in [-0.2, 0) is 24.3 Å². The van der Waals surface area contributed by atoms with Crippen LogP contribution in [0.5, 0.6) is 11.6 Å². The molecule has 0 spiro atoms. The zero-order valence-electron chi connectivity index (χ0n) is 20.1. The van der Waals surface area contributed by atoms with Gasteiger partial charge >= 0.3 is 5.97 Å². The van der Waals surface area contributed by atoms with Gasteiger partial charge in [0.15, 0.2) is 17.5 Å². The smallest absolute Gasteiger partial charge is 0.326 e. The number of nitrogens with zero attached hydrogens (tertiary/aromatic N) is 2. The summed E-state index contributed by atoms with van der Waals surface area (Å²) in [5, 5.41) is 9.85. The summed E-state index contributed by atoms with van der Waals surface area (Å²) in [7, 11) is 0. The van der Waals surface area contributed by atoms with Gasteiger partial charge in [-0.25, -0.2) is 13.6 Å². The molecule has 0 saturated carbocycles. The van der Waals surface area contributed by atoms with Crippen LogP contribution in [0, 0.1) is 18.6 Å². The second-order valence-electron chi connectivity index (χ2n) is 9.08. The zero-order chi connectivity index (χ0) is 26.1. The van der Waals surface area contributed by atoms with E-state index >= 15 is 0 Å². The van der Waals surface area contributed by atoms with Crippen molar-refractivity contribution in [2.75, 3.05) is 4.90 Å². The summed E-state index contributed by atoms with van der Waals surface area (Å²) < 4.78 is 35.6. The fourth-order valence-corrected chi connectivity index (χ4v) is 4.64. The van der Waals surface area contributed by atoms with Crippen molar-refractivity contribution in [3.05, 3.63) is 107 Å². The molecule has 5 rings (SSSR count). The van der Waals surface area contributed by atoms with Gasteiger partial charge < -0.3 is 20.5 Å². The SMILES string of the molecule is Cc1cc(Oc2nc(N3Cc4ccccc4CC3C(=O)O)c(F)cc2F)cc(-c2cccc(CN)c2)c1. The Morgan fingerprint density at radius 1 is 1.03 bits per heavy atom. The number of pyridine rings is 1. The van der Waals surface area contributed by atoms with Gasteiger partial charge in [0, 0.05) is 25.6 Å². The summed E-state index contributed by atoms with van der Waals surface area (Å²) in [6, 6.07) is 20.2. The van der Waals surface area contributed by atoms with Crippen LogP contribution >= 0.6 is 0 Å². The average Bonchev–Trinajstić information content (AvgIpc) is 2.89. The fourth-order valence-electron chi connectivity index (χ4n) is 4.64. The summed E-state index contributed by atoms with van der Waals surface area (Å²) in [6.45, 7) is 2.40. The maximum atomic E-state index is 15.0. The number of carboxylic acids is 1. The molecule has 1 unspecified atom stereocenters. The number of benzene rings is 3. The van der Waals surface area contributed by atoms with Crippen LogP contribution in [0.1, 0.15) is 22.3 Å². The van der Waals surface area contributed by atoms with E-state index in [2.05, 4.69) is 4.98 Å². The number of fused-ring (bicyclic) bond motifs is 1. The highest BCUT2D eigenvalue weighted by Gasteiger charge is 2.34. The maximum absolute atomic E-state index is 15.0. The minimum absolute atomic E-state index is 0.119. The van der Waals surface area contributed by atoms with E-state index in [0.717, 1.165) is 33.4 Å². The van der Waals surface area contributed by atoms with Crippen LogP contribution < -0.4 is 15.4 Å². The van der Waals surface area contributed by atoms with Crippen LogP contribution in [0.3, 0.4) is 0 Å². The molecule has 37 heavy (non-hydrogen) atoms. The number of carbonyl (C=O) groups is 1. The van der Waals surface area contributed by atoms with Crippen molar-refractivity contribution in [1.82, 2.24) is 4.98 Å². The molecule has 0 radical (unpaired) electrons. The molecule has 1 atom stereocenters. The van der Waals surface area contributed by atoms with E-state index < -0.39 is 29.5 Å². The molecule has 4 aromatic rings. The second-order valence-corrected chi connectivity index (χ2v) is 9.08. The van der Waals surface area contributed by atoms with Crippen molar-refractivity contribution in [3.63, 3.8) is 0 Å². The summed E-state index contributed by atoms with van der Waals surface area (Å²) >= 11 is 0. The minimum atomic E-state index is -1.12. The first-order valence-corrected chi connectivity index (χ1v) is 11.8. The van der Waals surface area contributed by atoms with Crippen molar-refractivity contribution in [2.24, 2.45) is 5.73 Å². The molecule has 1 aromatic heterocycles. The molecule has 2 heterocycles. The molecular weight excluding hydrogens is 476 g/mol. The Labute approximate surface area is 213 Å². The lowest BCUT2D eigenvalue weighted by atomic mass is 9.94. The van der Waals surface area contributed by atoms with Gasteiger partial charge in [-0.05, 0) is 58.5 Å². The predicted molar refractivity (Wildman–Crippen MR) is 136 cm³/mol. The highest BCUT2D eigenvalue weighted by atomic mass is 19.1. The molecule has 6 nitrogen and oxygen atoms in total. The number of aromatic nitrogens is 1. The molecule has 0 fully saturated rings. The largest absolute Gasteiger partial charge is 0.480 e. The van der Waals surface area contributed by atoms with E-state index in [4.69, 9.17) is 10.5 Å². The first kappa shape index (κ1) is 24.4. The molecule has 188 valence electrons. The number of rotatable bonds is 6. The highest BCUT2D eigenvalue weighted by molar-refractivity contribution is 5.79. The summed E-state index contributed by atoms with van der Waals surface area (Å²) in [6.07, 6.45) is 0.170. The van der Waals surface area contributed by atoms with Gasteiger partial charge in [-0.2, -0.15) is 4.98 Å². The lowest BCUT2D eigenvalue weighted by Gasteiger charge is -2.35. The lowest BCUT2D eigenvalue weighted by molar-refractivity contribution is -0.138. The van der Waals surface area contributed by atoms with Gasteiger partial charge in [0.2, 0.25) is 0 Å². The number of anilines is 1. The van der Waals surface area contributed by atoms with E-state index in [1.807, 2.05) is 61.5 Å². The van der Waals surface area contributed by atoms with Gasteiger partial charge in [0.1, 0.15) is 11.8 Å². The van der Waals surface area contributed by atoms with E-state index in [1.54, 1.807) is 12.1 Å². The third-order valence-corrected chi connectivity index (χ3v) is 6.45. The van der Waals surface area contributed by atoms with Crippen LogP contribution in [0.15, 0.2) is 72.8 Å². The number of nitrogens with two attached hydrogens (primary N) is 1. The summed E-state index contributed by atoms with van der Waals surface area (Å²) in [4.78, 5) is 17.5. The number of hydrogen-bond acceptors (Lipinski definition) is 5. The monoisotopic (exact) mass is 501 g/mol. The van der Waals surface area contributed by atoms with Gasteiger partial charge in [-0.3, -0.25) is 0 Å². The van der Waals surface area contributed by atoms with Gasteiger partial charge in [-0.1, -0.05) is 48.5 Å². The van der Waals surface area contributed by atoms with Crippen LogP contribution in [0.2, 0.25) is 0 Å². The predicted octanol–water partition coefficient (Wildman–Crippen LogP) is 5.60. The third-order valence-electron chi connectivity index (χ3n) is 6.45. The summed E-state index contributed by atoms with van der Waals surface area (Å²) in [5.74, 6) is -3.47. The van der Waals surface area contributed by atoms with Crippen molar-refractivity contribution in [1.29, 1.82) is 0 Å². The van der Waals surface area contributed by atoms with Crippen molar-refractivity contribution >= 4 is 11.8 Å². The highest BCUT2D eigenvalue weighted by Crippen LogP contribution is 2.34. The van der Waals surface area contributed by atoms with Gasteiger partial charge in [0.25, 0.3) is 5.88 Å². The number of aliphatic carboxylic acids is 1. The van der Waals surface area contributed by atoms with Gasteiger partial charge in [-0.15, -0.1) is 0 Å². The third kappa shape index (κ3) is 5.01.